The van der Waals surface area contributed by atoms with Crippen LogP contribution in [0.25, 0.3) is 0 Å². The Balaban J connectivity index is 1.29. The number of nitrogens with one attached hydrogen (secondary N) is 2. The molecule has 1 aliphatic rings. The average molecular weight is 538 g/mol. The van der Waals surface area contributed by atoms with E-state index in [1.54, 1.807) is 24.3 Å². The molecule has 0 unspecified atom stereocenters. The van der Waals surface area contributed by atoms with Crippen LogP contribution in [-0.2, 0) is 14.8 Å². The maximum atomic E-state index is 12.6. The number of amides is 2. The number of carbonyl (C=O) groups excluding carboxylic acids is 2. The van der Waals surface area contributed by atoms with Gasteiger partial charge in [0.1, 0.15) is 0 Å². The van der Waals surface area contributed by atoms with Crippen LogP contribution in [0.15, 0.2) is 57.8 Å². The number of carbonyl (C=O) groups is 2. The van der Waals surface area contributed by atoms with Crippen LogP contribution in [-0.4, -0.2) is 53.6 Å². The number of nitrogens with zero attached hydrogens (tertiary/aromatic N) is 3. The van der Waals surface area contributed by atoms with E-state index in [2.05, 4.69) is 20.8 Å². The van der Waals surface area contributed by atoms with Gasteiger partial charge < -0.3 is 5.32 Å². The minimum Gasteiger partial charge on any atom is -0.325 e. The minimum atomic E-state index is -3.53. The molecule has 2 amide bonds. The summed E-state index contributed by atoms with van der Waals surface area (Å²) >= 11 is 8.16. The Morgan fingerprint density at radius 3 is 2.35 bits per heavy atom. The Hall–Kier alpha value is -2.51. The Morgan fingerprint density at radius 1 is 1.00 bits per heavy atom. The zero-order valence-corrected chi connectivity index (χ0v) is 20.9. The predicted molar refractivity (Wildman–Crippen MR) is 133 cm³/mol. The highest BCUT2D eigenvalue weighted by Crippen LogP contribution is 2.26. The van der Waals surface area contributed by atoms with E-state index >= 15 is 0 Å². The molecule has 9 nitrogen and oxygen atoms in total. The number of anilines is 2. The first-order valence-corrected chi connectivity index (χ1v) is 13.9. The molecule has 34 heavy (non-hydrogen) atoms. The summed E-state index contributed by atoms with van der Waals surface area (Å²) in [5, 5.41) is 14.2. The van der Waals surface area contributed by atoms with Gasteiger partial charge >= 0.3 is 0 Å². The molecule has 0 spiro atoms. The molecule has 0 atom stereocenters. The van der Waals surface area contributed by atoms with Gasteiger partial charge in [0, 0.05) is 29.4 Å². The molecule has 0 bridgehead atoms. The molecule has 13 heteroatoms. The van der Waals surface area contributed by atoms with E-state index in [1.807, 2.05) is 0 Å². The lowest BCUT2D eigenvalue weighted by molar-refractivity contribution is -0.113. The molecular weight excluding hydrogens is 518 g/mol. The van der Waals surface area contributed by atoms with Crippen molar-refractivity contribution < 1.29 is 18.0 Å². The molecule has 4 rings (SSSR count). The summed E-state index contributed by atoms with van der Waals surface area (Å²) in [4.78, 5) is 24.8. The van der Waals surface area contributed by atoms with E-state index in [-0.39, 0.29) is 21.7 Å². The summed E-state index contributed by atoms with van der Waals surface area (Å²) in [7, 11) is -3.53. The molecule has 1 aliphatic heterocycles. The van der Waals surface area contributed by atoms with Gasteiger partial charge in [-0.2, -0.15) is 4.31 Å². The van der Waals surface area contributed by atoms with Crippen LogP contribution in [0.1, 0.15) is 23.2 Å². The number of sulfonamides is 1. The fourth-order valence-corrected chi connectivity index (χ4v) is 6.39. The standard InChI is InChI=1S/C21H20ClN5O4S3/c22-15-5-7-16(8-6-15)23-18(28)13-32-21-26-25-20(33-21)24-19(29)14-3-9-17(10-4-14)34(30,31)27-11-1-2-12-27/h3-10H,1-2,11-13H2,(H,23,28)(H,24,25,29). The van der Waals surface area contributed by atoms with Gasteiger partial charge in [0.05, 0.1) is 10.6 Å². The fraction of sp³-hybridized carbons (Fsp3) is 0.238. The van der Waals surface area contributed by atoms with Gasteiger partial charge in [-0.15, -0.1) is 10.2 Å². The summed E-state index contributed by atoms with van der Waals surface area (Å²) < 4.78 is 27.2. The van der Waals surface area contributed by atoms with E-state index in [0.717, 1.165) is 24.2 Å². The molecular formula is C21H20ClN5O4S3. The Labute approximate surface area is 210 Å². The number of aromatic nitrogens is 2. The molecule has 0 saturated carbocycles. The molecule has 1 aromatic heterocycles. The molecule has 2 heterocycles. The third-order valence-electron chi connectivity index (χ3n) is 4.90. The first-order valence-electron chi connectivity index (χ1n) is 10.2. The second kappa shape index (κ2) is 10.8. The third-order valence-corrected chi connectivity index (χ3v) is 9.04. The lowest BCUT2D eigenvalue weighted by Crippen LogP contribution is -2.27. The quantitative estimate of drug-likeness (QED) is 0.329. The zero-order valence-electron chi connectivity index (χ0n) is 17.7. The van der Waals surface area contributed by atoms with Crippen molar-refractivity contribution in [3.63, 3.8) is 0 Å². The number of hydrogen-bond acceptors (Lipinski definition) is 8. The van der Waals surface area contributed by atoms with E-state index < -0.39 is 15.9 Å². The van der Waals surface area contributed by atoms with E-state index in [0.29, 0.717) is 33.7 Å². The van der Waals surface area contributed by atoms with Gasteiger partial charge in [-0.1, -0.05) is 34.7 Å². The van der Waals surface area contributed by atoms with Crippen molar-refractivity contribution in [2.45, 2.75) is 22.1 Å². The number of thioether (sulfide) groups is 1. The second-order valence-corrected chi connectivity index (χ2v) is 11.9. The van der Waals surface area contributed by atoms with Crippen LogP contribution in [0.5, 0.6) is 0 Å². The lowest BCUT2D eigenvalue weighted by atomic mass is 10.2. The molecule has 178 valence electrons. The van der Waals surface area contributed by atoms with Gasteiger partial charge in [-0.3, -0.25) is 14.9 Å². The first kappa shape index (κ1) is 24.6. The van der Waals surface area contributed by atoms with Crippen LogP contribution in [0.3, 0.4) is 0 Å². The Morgan fingerprint density at radius 2 is 1.68 bits per heavy atom. The molecule has 2 aromatic carbocycles. The average Bonchev–Trinajstić information content (AvgIpc) is 3.52. The Kier molecular flexibility index (Phi) is 7.84. The van der Waals surface area contributed by atoms with Crippen LogP contribution in [0.4, 0.5) is 10.8 Å². The van der Waals surface area contributed by atoms with Crippen molar-refractivity contribution in [3.05, 3.63) is 59.1 Å². The lowest BCUT2D eigenvalue weighted by Gasteiger charge is -2.15. The molecule has 1 fully saturated rings. The molecule has 3 aromatic rings. The van der Waals surface area contributed by atoms with Gasteiger partial charge in [-0.25, -0.2) is 8.42 Å². The highest BCUT2D eigenvalue weighted by Gasteiger charge is 2.27. The predicted octanol–water partition coefficient (Wildman–Crippen LogP) is 3.96. The Bertz CT molecular complexity index is 1270. The number of benzene rings is 2. The summed E-state index contributed by atoms with van der Waals surface area (Å²) in [6.45, 7) is 1.04. The highest BCUT2D eigenvalue weighted by atomic mass is 35.5. The maximum Gasteiger partial charge on any atom is 0.257 e. The van der Waals surface area contributed by atoms with Crippen molar-refractivity contribution >= 4 is 67.4 Å². The van der Waals surface area contributed by atoms with Crippen LogP contribution in [0.2, 0.25) is 5.02 Å². The summed E-state index contributed by atoms with van der Waals surface area (Å²) in [5.41, 5.74) is 0.937. The van der Waals surface area contributed by atoms with Crippen LogP contribution in [0, 0.1) is 0 Å². The molecule has 2 N–H and O–H groups in total. The van der Waals surface area contributed by atoms with Crippen molar-refractivity contribution in [2.24, 2.45) is 0 Å². The largest absolute Gasteiger partial charge is 0.325 e. The van der Waals surface area contributed by atoms with Crippen molar-refractivity contribution in [1.29, 1.82) is 0 Å². The zero-order chi connectivity index (χ0) is 24.1. The topological polar surface area (TPSA) is 121 Å². The highest BCUT2D eigenvalue weighted by molar-refractivity contribution is 8.01. The maximum absolute atomic E-state index is 12.6. The van der Waals surface area contributed by atoms with E-state index in [4.69, 9.17) is 11.6 Å². The minimum absolute atomic E-state index is 0.123. The van der Waals surface area contributed by atoms with Gasteiger partial charge in [0.25, 0.3) is 5.91 Å². The number of halogens is 1. The fourth-order valence-electron chi connectivity index (χ4n) is 3.20. The van der Waals surface area contributed by atoms with Crippen molar-refractivity contribution in [1.82, 2.24) is 14.5 Å². The summed E-state index contributed by atoms with van der Waals surface area (Å²) in [5.74, 6) is -0.520. The first-order chi connectivity index (χ1) is 16.3. The molecule has 1 saturated heterocycles. The van der Waals surface area contributed by atoms with Crippen LogP contribution < -0.4 is 10.6 Å². The van der Waals surface area contributed by atoms with E-state index in [9.17, 15) is 18.0 Å². The van der Waals surface area contributed by atoms with Crippen molar-refractivity contribution in [2.75, 3.05) is 29.5 Å². The third kappa shape index (κ3) is 6.13. The monoisotopic (exact) mass is 537 g/mol. The second-order valence-electron chi connectivity index (χ2n) is 7.31. The smallest absolute Gasteiger partial charge is 0.257 e. The number of hydrogen-bond donors (Lipinski definition) is 2. The number of rotatable bonds is 8. The van der Waals surface area contributed by atoms with Crippen LogP contribution >= 0.6 is 34.7 Å². The normalized spacial score (nSPS) is 14.1. The van der Waals surface area contributed by atoms with Gasteiger partial charge in [0.2, 0.25) is 21.1 Å². The van der Waals surface area contributed by atoms with Crippen molar-refractivity contribution in [3.8, 4) is 0 Å². The van der Waals surface area contributed by atoms with E-state index in [1.165, 1.54) is 40.3 Å². The summed E-state index contributed by atoms with van der Waals surface area (Å²) in [6, 6.07) is 12.6. The summed E-state index contributed by atoms with van der Waals surface area (Å²) in [6.07, 6.45) is 1.71. The molecule has 0 aliphatic carbocycles. The SMILES string of the molecule is O=C(CSc1nnc(NC(=O)c2ccc(S(=O)(=O)N3CCCC3)cc2)s1)Nc1ccc(Cl)cc1. The van der Waals surface area contributed by atoms with Gasteiger partial charge in [0.15, 0.2) is 4.34 Å². The van der Waals surface area contributed by atoms with Gasteiger partial charge in [-0.05, 0) is 61.4 Å². The molecule has 0 radical (unpaired) electrons.